The Morgan fingerprint density at radius 3 is 2.25 bits per heavy atom. The molecule has 0 aliphatic rings. The molecule has 0 radical (unpaired) electrons. The standard InChI is InChI=1S/C17H18ClNO/c1-17(2,14-8-10-15(18)11-9-14)12-19-16(20)13-6-4-3-5-7-13/h3-11H,12H2,1-2H3,(H,19,20). The molecule has 0 saturated carbocycles. The van der Waals surface area contributed by atoms with Crippen LogP contribution in [0.4, 0.5) is 0 Å². The number of rotatable bonds is 4. The van der Waals surface area contributed by atoms with E-state index >= 15 is 0 Å². The lowest BCUT2D eigenvalue weighted by molar-refractivity contribution is 0.0945. The van der Waals surface area contributed by atoms with Gasteiger partial charge in [0.05, 0.1) is 0 Å². The SMILES string of the molecule is CC(C)(CNC(=O)c1ccccc1)c1ccc(Cl)cc1. The van der Waals surface area contributed by atoms with Crippen molar-refractivity contribution in [3.05, 3.63) is 70.7 Å². The first-order valence-electron chi connectivity index (χ1n) is 6.58. The second kappa shape index (κ2) is 6.10. The number of carbonyl (C=O) groups is 1. The molecule has 0 aliphatic carbocycles. The molecule has 0 heterocycles. The molecule has 1 amide bonds. The third-order valence-electron chi connectivity index (χ3n) is 3.35. The lowest BCUT2D eigenvalue weighted by Crippen LogP contribution is -2.36. The molecule has 104 valence electrons. The molecule has 0 atom stereocenters. The van der Waals surface area contributed by atoms with Crippen LogP contribution in [0.3, 0.4) is 0 Å². The zero-order valence-corrected chi connectivity index (χ0v) is 12.4. The summed E-state index contributed by atoms with van der Waals surface area (Å²) in [5.74, 6) is -0.0485. The Bertz CT molecular complexity index is 576. The summed E-state index contributed by atoms with van der Waals surface area (Å²) in [7, 11) is 0. The van der Waals surface area contributed by atoms with E-state index in [0.717, 1.165) is 10.6 Å². The summed E-state index contributed by atoms with van der Waals surface area (Å²) in [5.41, 5.74) is 1.68. The predicted molar refractivity (Wildman–Crippen MR) is 83.3 cm³/mol. The first kappa shape index (κ1) is 14.6. The van der Waals surface area contributed by atoms with Crippen LogP contribution in [0.2, 0.25) is 5.02 Å². The van der Waals surface area contributed by atoms with Crippen molar-refractivity contribution in [2.24, 2.45) is 0 Å². The fourth-order valence-corrected chi connectivity index (χ4v) is 2.12. The second-order valence-corrected chi connectivity index (χ2v) is 5.88. The van der Waals surface area contributed by atoms with E-state index < -0.39 is 0 Å². The topological polar surface area (TPSA) is 29.1 Å². The van der Waals surface area contributed by atoms with Gasteiger partial charge in [0.2, 0.25) is 0 Å². The fraction of sp³-hybridized carbons (Fsp3) is 0.235. The molecule has 2 rings (SSSR count). The summed E-state index contributed by atoms with van der Waals surface area (Å²) in [6.45, 7) is 4.77. The molecule has 0 aromatic heterocycles. The maximum absolute atomic E-state index is 12.0. The number of hydrogen-bond donors (Lipinski definition) is 1. The van der Waals surface area contributed by atoms with Gasteiger partial charge in [0.1, 0.15) is 0 Å². The highest BCUT2D eigenvalue weighted by atomic mass is 35.5. The van der Waals surface area contributed by atoms with Crippen molar-refractivity contribution in [1.82, 2.24) is 5.32 Å². The largest absolute Gasteiger partial charge is 0.351 e. The quantitative estimate of drug-likeness (QED) is 0.903. The molecule has 1 N–H and O–H groups in total. The molecule has 0 fully saturated rings. The minimum Gasteiger partial charge on any atom is -0.351 e. The Kier molecular flexibility index (Phi) is 4.46. The molecule has 2 aromatic rings. The van der Waals surface area contributed by atoms with E-state index in [4.69, 9.17) is 11.6 Å². The van der Waals surface area contributed by atoms with E-state index in [1.54, 1.807) is 0 Å². The van der Waals surface area contributed by atoms with Crippen molar-refractivity contribution >= 4 is 17.5 Å². The van der Waals surface area contributed by atoms with Gasteiger partial charge in [-0.3, -0.25) is 4.79 Å². The van der Waals surface area contributed by atoms with E-state index in [1.165, 1.54) is 0 Å². The molecule has 3 heteroatoms. The maximum atomic E-state index is 12.0. The van der Waals surface area contributed by atoms with Crippen LogP contribution >= 0.6 is 11.6 Å². The monoisotopic (exact) mass is 287 g/mol. The fourth-order valence-electron chi connectivity index (χ4n) is 2.00. The van der Waals surface area contributed by atoms with Gasteiger partial charge >= 0.3 is 0 Å². The number of carbonyl (C=O) groups excluding carboxylic acids is 1. The van der Waals surface area contributed by atoms with Gasteiger partial charge < -0.3 is 5.32 Å². The highest BCUT2D eigenvalue weighted by molar-refractivity contribution is 6.30. The van der Waals surface area contributed by atoms with Gasteiger partial charge in [-0.25, -0.2) is 0 Å². The first-order valence-corrected chi connectivity index (χ1v) is 6.96. The lowest BCUT2D eigenvalue weighted by atomic mass is 9.84. The van der Waals surface area contributed by atoms with Crippen molar-refractivity contribution in [2.45, 2.75) is 19.3 Å². The van der Waals surface area contributed by atoms with Crippen LogP contribution in [0, 0.1) is 0 Å². The Balaban J connectivity index is 2.02. The molecule has 0 unspecified atom stereocenters. The zero-order chi connectivity index (χ0) is 14.6. The van der Waals surface area contributed by atoms with Gasteiger partial charge in [-0.05, 0) is 29.8 Å². The normalized spacial score (nSPS) is 11.2. The smallest absolute Gasteiger partial charge is 0.251 e. The minimum absolute atomic E-state index is 0.0485. The van der Waals surface area contributed by atoms with Gasteiger partial charge in [0.15, 0.2) is 0 Å². The third-order valence-corrected chi connectivity index (χ3v) is 3.60. The molecule has 0 saturated heterocycles. The molecular weight excluding hydrogens is 270 g/mol. The third kappa shape index (κ3) is 3.61. The van der Waals surface area contributed by atoms with Crippen LogP contribution in [0.15, 0.2) is 54.6 Å². The molecule has 0 bridgehead atoms. The molecule has 2 aromatic carbocycles. The van der Waals surface area contributed by atoms with Crippen LogP contribution in [-0.4, -0.2) is 12.5 Å². The predicted octanol–water partition coefficient (Wildman–Crippen LogP) is 4.05. The van der Waals surface area contributed by atoms with Crippen LogP contribution < -0.4 is 5.32 Å². The summed E-state index contributed by atoms with van der Waals surface area (Å²) in [5, 5.41) is 3.70. The van der Waals surface area contributed by atoms with Gasteiger partial charge in [0, 0.05) is 22.5 Å². The molecule has 20 heavy (non-hydrogen) atoms. The Labute approximate surface area is 124 Å². The number of nitrogens with one attached hydrogen (secondary N) is 1. The van der Waals surface area contributed by atoms with Gasteiger partial charge in [0.25, 0.3) is 5.91 Å². The minimum atomic E-state index is -0.144. The summed E-state index contributed by atoms with van der Waals surface area (Å²) in [6.07, 6.45) is 0. The van der Waals surface area contributed by atoms with Crippen LogP contribution in [-0.2, 0) is 5.41 Å². The van der Waals surface area contributed by atoms with Gasteiger partial charge in [-0.2, -0.15) is 0 Å². The lowest BCUT2D eigenvalue weighted by Gasteiger charge is -2.25. The van der Waals surface area contributed by atoms with E-state index in [-0.39, 0.29) is 11.3 Å². The van der Waals surface area contributed by atoms with Crippen molar-refractivity contribution in [3.8, 4) is 0 Å². The summed E-state index contributed by atoms with van der Waals surface area (Å²) >= 11 is 5.90. The van der Waals surface area contributed by atoms with E-state index in [9.17, 15) is 4.79 Å². The van der Waals surface area contributed by atoms with Gasteiger partial charge in [-0.15, -0.1) is 0 Å². The van der Waals surface area contributed by atoms with E-state index in [2.05, 4.69) is 19.2 Å². The van der Waals surface area contributed by atoms with Crippen LogP contribution in [0.5, 0.6) is 0 Å². The van der Waals surface area contributed by atoms with Crippen molar-refractivity contribution < 1.29 is 4.79 Å². The van der Waals surface area contributed by atoms with Crippen molar-refractivity contribution in [2.75, 3.05) is 6.54 Å². The van der Waals surface area contributed by atoms with Crippen molar-refractivity contribution in [1.29, 1.82) is 0 Å². The number of amides is 1. The second-order valence-electron chi connectivity index (χ2n) is 5.44. The summed E-state index contributed by atoms with van der Waals surface area (Å²) in [6, 6.07) is 17.0. The van der Waals surface area contributed by atoms with E-state index in [0.29, 0.717) is 12.1 Å². The molecular formula is C17H18ClNO. The Morgan fingerprint density at radius 1 is 1.05 bits per heavy atom. The van der Waals surface area contributed by atoms with Crippen LogP contribution in [0.25, 0.3) is 0 Å². The Hall–Kier alpha value is -1.80. The van der Waals surface area contributed by atoms with Crippen LogP contribution in [0.1, 0.15) is 29.8 Å². The number of halogens is 1. The van der Waals surface area contributed by atoms with Crippen molar-refractivity contribution in [3.63, 3.8) is 0 Å². The highest BCUT2D eigenvalue weighted by Gasteiger charge is 2.21. The number of benzene rings is 2. The average molecular weight is 288 g/mol. The van der Waals surface area contributed by atoms with Gasteiger partial charge in [-0.1, -0.05) is 55.8 Å². The highest BCUT2D eigenvalue weighted by Crippen LogP contribution is 2.23. The first-order chi connectivity index (χ1) is 9.49. The zero-order valence-electron chi connectivity index (χ0n) is 11.7. The Morgan fingerprint density at radius 2 is 1.65 bits per heavy atom. The summed E-state index contributed by atoms with van der Waals surface area (Å²) in [4.78, 5) is 12.0. The number of hydrogen-bond acceptors (Lipinski definition) is 1. The summed E-state index contributed by atoms with van der Waals surface area (Å²) < 4.78 is 0. The molecule has 0 spiro atoms. The molecule has 0 aliphatic heterocycles. The maximum Gasteiger partial charge on any atom is 0.251 e. The average Bonchev–Trinajstić information content (AvgIpc) is 2.46. The van der Waals surface area contributed by atoms with E-state index in [1.807, 2.05) is 54.6 Å². The molecule has 2 nitrogen and oxygen atoms in total.